The minimum absolute atomic E-state index is 0.0493. The molecule has 2 heterocycles. The molecule has 1 unspecified atom stereocenters. The average Bonchev–Trinajstić information content (AvgIpc) is 3.26. The van der Waals surface area contributed by atoms with E-state index in [9.17, 15) is 4.79 Å². The van der Waals surface area contributed by atoms with Gasteiger partial charge in [-0.1, -0.05) is 0 Å². The molecule has 0 radical (unpaired) electrons. The van der Waals surface area contributed by atoms with Crippen molar-refractivity contribution in [2.24, 2.45) is 0 Å². The van der Waals surface area contributed by atoms with E-state index < -0.39 is 0 Å². The SMILES string of the molecule is O=C(CCn1cnnc1)Nc1ccc(OCC2CCCO2)cc1. The number of hydrogen-bond donors (Lipinski definition) is 1. The maximum Gasteiger partial charge on any atom is 0.226 e. The van der Waals surface area contributed by atoms with Crippen LogP contribution in [0.25, 0.3) is 0 Å². The van der Waals surface area contributed by atoms with Crippen molar-refractivity contribution in [3.63, 3.8) is 0 Å². The highest BCUT2D eigenvalue weighted by Gasteiger charge is 2.15. The number of amides is 1. The fraction of sp³-hybridized carbons (Fsp3) is 0.438. The van der Waals surface area contributed by atoms with Gasteiger partial charge >= 0.3 is 0 Å². The standard InChI is InChI=1S/C16H20N4O3/c21-16(7-8-20-11-17-18-12-20)19-13-3-5-14(6-4-13)23-10-15-2-1-9-22-15/h3-6,11-12,15H,1-2,7-10H2,(H,19,21). The summed E-state index contributed by atoms with van der Waals surface area (Å²) < 4.78 is 13.0. The molecule has 1 aromatic heterocycles. The zero-order chi connectivity index (χ0) is 15.9. The first-order valence-electron chi connectivity index (χ1n) is 7.76. The lowest BCUT2D eigenvalue weighted by atomic mass is 10.2. The minimum Gasteiger partial charge on any atom is -0.491 e. The van der Waals surface area contributed by atoms with Gasteiger partial charge < -0.3 is 19.4 Å². The molecule has 0 saturated carbocycles. The lowest BCUT2D eigenvalue weighted by molar-refractivity contribution is -0.116. The second-order valence-corrected chi connectivity index (χ2v) is 5.47. The van der Waals surface area contributed by atoms with E-state index in [1.807, 2.05) is 24.3 Å². The number of carbonyl (C=O) groups is 1. The highest BCUT2D eigenvalue weighted by Crippen LogP contribution is 2.18. The van der Waals surface area contributed by atoms with Crippen LogP contribution in [-0.2, 0) is 16.1 Å². The molecule has 7 heteroatoms. The van der Waals surface area contributed by atoms with E-state index in [-0.39, 0.29) is 12.0 Å². The Morgan fingerprint density at radius 2 is 2.09 bits per heavy atom. The number of rotatable bonds is 7. The quantitative estimate of drug-likeness (QED) is 0.843. The number of hydrogen-bond acceptors (Lipinski definition) is 5. The molecule has 122 valence electrons. The van der Waals surface area contributed by atoms with Gasteiger partial charge in [0, 0.05) is 25.3 Å². The summed E-state index contributed by atoms with van der Waals surface area (Å²) in [5.74, 6) is 0.731. The fourth-order valence-corrected chi connectivity index (χ4v) is 2.39. The Balaban J connectivity index is 1.42. The van der Waals surface area contributed by atoms with Crippen molar-refractivity contribution in [1.82, 2.24) is 14.8 Å². The molecule has 7 nitrogen and oxygen atoms in total. The highest BCUT2D eigenvalue weighted by atomic mass is 16.5. The highest BCUT2D eigenvalue weighted by molar-refractivity contribution is 5.90. The van der Waals surface area contributed by atoms with Gasteiger partial charge in [0.25, 0.3) is 0 Å². The molecule has 0 aliphatic carbocycles. The van der Waals surface area contributed by atoms with E-state index in [0.29, 0.717) is 19.6 Å². The van der Waals surface area contributed by atoms with Crippen LogP contribution in [0.3, 0.4) is 0 Å². The Bertz CT molecular complexity index is 607. The Hall–Kier alpha value is -2.41. The molecule has 2 aromatic rings. The van der Waals surface area contributed by atoms with Gasteiger partial charge in [-0.3, -0.25) is 4.79 Å². The summed E-state index contributed by atoms with van der Waals surface area (Å²) >= 11 is 0. The van der Waals surface area contributed by atoms with Gasteiger partial charge in [0.2, 0.25) is 5.91 Å². The van der Waals surface area contributed by atoms with Crippen LogP contribution in [0.15, 0.2) is 36.9 Å². The van der Waals surface area contributed by atoms with Gasteiger partial charge in [-0.25, -0.2) is 0 Å². The Morgan fingerprint density at radius 3 is 2.78 bits per heavy atom. The van der Waals surface area contributed by atoms with Crippen molar-refractivity contribution >= 4 is 11.6 Å². The number of anilines is 1. The summed E-state index contributed by atoms with van der Waals surface area (Å²) in [7, 11) is 0. The molecule has 1 amide bonds. The van der Waals surface area contributed by atoms with E-state index in [0.717, 1.165) is 30.9 Å². The van der Waals surface area contributed by atoms with Gasteiger partial charge in [0.05, 0.1) is 6.10 Å². The van der Waals surface area contributed by atoms with Crippen molar-refractivity contribution in [1.29, 1.82) is 0 Å². The minimum atomic E-state index is -0.0493. The van der Waals surface area contributed by atoms with Crippen LogP contribution in [0.1, 0.15) is 19.3 Å². The van der Waals surface area contributed by atoms with Crippen molar-refractivity contribution in [2.75, 3.05) is 18.5 Å². The molecular weight excluding hydrogens is 296 g/mol. The zero-order valence-corrected chi connectivity index (χ0v) is 12.9. The molecule has 3 rings (SSSR count). The maximum absolute atomic E-state index is 11.9. The monoisotopic (exact) mass is 316 g/mol. The van der Waals surface area contributed by atoms with Crippen molar-refractivity contribution in [3.05, 3.63) is 36.9 Å². The zero-order valence-electron chi connectivity index (χ0n) is 12.9. The van der Waals surface area contributed by atoms with Gasteiger partial charge in [0.1, 0.15) is 25.0 Å². The molecular formula is C16H20N4O3. The summed E-state index contributed by atoms with van der Waals surface area (Å²) in [5.41, 5.74) is 0.753. The van der Waals surface area contributed by atoms with E-state index in [1.54, 1.807) is 17.2 Å². The molecule has 1 fully saturated rings. The van der Waals surface area contributed by atoms with Crippen LogP contribution in [0, 0.1) is 0 Å². The van der Waals surface area contributed by atoms with E-state index in [4.69, 9.17) is 9.47 Å². The number of aryl methyl sites for hydroxylation is 1. The molecule has 1 N–H and O–H groups in total. The van der Waals surface area contributed by atoms with Gasteiger partial charge in [-0.15, -0.1) is 10.2 Å². The topological polar surface area (TPSA) is 78.3 Å². The fourth-order valence-electron chi connectivity index (χ4n) is 2.39. The van der Waals surface area contributed by atoms with Crippen LogP contribution >= 0.6 is 0 Å². The number of nitrogens with one attached hydrogen (secondary N) is 1. The number of nitrogens with zero attached hydrogens (tertiary/aromatic N) is 3. The third-order valence-electron chi connectivity index (χ3n) is 3.66. The lowest BCUT2D eigenvalue weighted by Crippen LogP contribution is -2.16. The predicted molar refractivity (Wildman–Crippen MR) is 84.2 cm³/mol. The van der Waals surface area contributed by atoms with Gasteiger partial charge in [-0.2, -0.15) is 0 Å². The molecule has 23 heavy (non-hydrogen) atoms. The number of carbonyl (C=O) groups excluding carboxylic acids is 1. The van der Waals surface area contributed by atoms with Crippen molar-refractivity contribution in [3.8, 4) is 5.75 Å². The van der Waals surface area contributed by atoms with E-state index in [1.165, 1.54) is 0 Å². The maximum atomic E-state index is 11.9. The summed E-state index contributed by atoms with van der Waals surface area (Å²) in [4.78, 5) is 11.9. The Kier molecular flexibility index (Phi) is 5.21. The third kappa shape index (κ3) is 4.79. The van der Waals surface area contributed by atoms with Gasteiger partial charge in [-0.05, 0) is 37.1 Å². The van der Waals surface area contributed by atoms with Gasteiger partial charge in [0.15, 0.2) is 0 Å². The van der Waals surface area contributed by atoms with E-state index >= 15 is 0 Å². The van der Waals surface area contributed by atoms with Crippen molar-refractivity contribution < 1.29 is 14.3 Å². The summed E-state index contributed by atoms with van der Waals surface area (Å²) in [6.45, 7) is 1.96. The van der Waals surface area contributed by atoms with Crippen LogP contribution < -0.4 is 10.1 Å². The first-order chi connectivity index (χ1) is 11.3. The second kappa shape index (κ2) is 7.73. The smallest absolute Gasteiger partial charge is 0.226 e. The normalized spacial score (nSPS) is 17.1. The van der Waals surface area contributed by atoms with Crippen LogP contribution in [0.5, 0.6) is 5.75 Å². The molecule has 1 aliphatic heterocycles. The van der Waals surface area contributed by atoms with Crippen LogP contribution in [0.4, 0.5) is 5.69 Å². The molecule has 1 aromatic carbocycles. The summed E-state index contributed by atoms with van der Waals surface area (Å²) in [6, 6.07) is 7.37. The molecule has 1 atom stereocenters. The third-order valence-corrected chi connectivity index (χ3v) is 3.66. The summed E-state index contributed by atoms with van der Waals surface area (Å²) in [5, 5.41) is 10.3. The first kappa shape index (κ1) is 15.5. The predicted octanol–water partition coefficient (Wildman–Crippen LogP) is 1.86. The molecule has 1 aliphatic rings. The van der Waals surface area contributed by atoms with E-state index in [2.05, 4.69) is 15.5 Å². The lowest BCUT2D eigenvalue weighted by Gasteiger charge is -2.12. The van der Waals surface area contributed by atoms with Crippen LogP contribution in [0.2, 0.25) is 0 Å². The Morgan fingerprint density at radius 1 is 1.30 bits per heavy atom. The number of ether oxygens (including phenoxy) is 2. The number of aromatic nitrogens is 3. The summed E-state index contributed by atoms with van der Waals surface area (Å²) in [6.07, 6.45) is 5.91. The largest absolute Gasteiger partial charge is 0.491 e. The average molecular weight is 316 g/mol. The molecule has 1 saturated heterocycles. The first-order valence-corrected chi connectivity index (χ1v) is 7.76. The molecule has 0 bridgehead atoms. The number of benzene rings is 1. The Labute approximate surface area is 134 Å². The second-order valence-electron chi connectivity index (χ2n) is 5.47. The van der Waals surface area contributed by atoms with Crippen LogP contribution in [-0.4, -0.2) is 40.0 Å². The molecule has 0 spiro atoms. The van der Waals surface area contributed by atoms with Crippen molar-refractivity contribution in [2.45, 2.75) is 31.9 Å².